The number of benzene rings is 1. The van der Waals surface area contributed by atoms with Crippen molar-refractivity contribution in [3.8, 4) is 0 Å². The molecule has 2 heterocycles. The maximum atomic E-state index is 14.0. The number of morpholine rings is 1. The van der Waals surface area contributed by atoms with E-state index in [4.69, 9.17) is 4.74 Å². The standard InChI is InChI=1S/C18H21FN4O2/c1-22-16(12-2-3-12)11-17(21-22)20-18(24)13-8-14(19)10-15(9-13)23-4-6-25-7-5-23/h8-12H,2-7H2,1H3,(H,20,21,24). The molecular weight excluding hydrogens is 323 g/mol. The second-order valence-electron chi connectivity index (χ2n) is 6.60. The van der Waals surface area contributed by atoms with Gasteiger partial charge in [0, 0.05) is 49.1 Å². The van der Waals surface area contributed by atoms with E-state index in [9.17, 15) is 9.18 Å². The first-order chi connectivity index (χ1) is 12.1. The Morgan fingerprint density at radius 3 is 2.72 bits per heavy atom. The summed E-state index contributed by atoms with van der Waals surface area (Å²) in [6.07, 6.45) is 2.33. The van der Waals surface area contributed by atoms with Gasteiger partial charge in [-0.1, -0.05) is 0 Å². The van der Waals surface area contributed by atoms with Crippen molar-refractivity contribution < 1.29 is 13.9 Å². The lowest BCUT2D eigenvalue weighted by molar-refractivity contribution is 0.102. The maximum Gasteiger partial charge on any atom is 0.257 e. The van der Waals surface area contributed by atoms with Crippen LogP contribution in [0, 0.1) is 5.82 Å². The van der Waals surface area contributed by atoms with Crippen LogP contribution in [0.25, 0.3) is 0 Å². The Morgan fingerprint density at radius 2 is 2.00 bits per heavy atom. The minimum absolute atomic E-state index is 0.292. The molecule has 0 atom stereocenters. The number of aryl methyl sites for hydroxylation is 1. The normalized spacial score (nSPS) is 17.6. The van der Waals surface area contributed by atoms with E-state index in [0.29, 0.717) is 49.3 Å². The van der Waals surface area contributed by atoms with Crippen molar-refractivity contribution in [1.29, 1.82) is 0 Å². The number of ether oxygens (including phenoxy) is 1. The molecule has 7 heteroatoms. The molecule has 132 valence electrons. The number of anilines is 2. The van der Waals surface area contributed by atoms with Gasteiger partial charge in [0.25, 0.3) is 5.91 Å². The first-order valence-corrected chi connectivity index (χ1v) is 8.59. The van der Waals surface area contributed by atoms with E-state index in [1.165, 1.54) is 25.0 Å². The summed E-state index contributed by atoms with van der Waals surface area (Å²) in [7, 11) is 1.88. The first kappa shape index (κ1) is 16.1. The molecule has 4 rings (SSSR count). The quantitative estimate of drug-likeness (QED) is 0.926. The molecule has 0 spiro atoms. The van der Waals surface area contributed by atoms with Crippen LogP contribution in [-0.4, -0.2) is 42.0 Å². The molecule has 1 saturated carbocycles. The van der Waals surface area contributed by atoms with Crippen LogP contribution in [0.2, 0.25) is 0 Å². The lowest BCUT2D eigenvalue weighted by atomic mass is 10.1. The lowest BCUT2D eigenvalue weighted by Crippen LogP contribution is -2.36. The van der Waals surface area contributed by atoms with Crippen LogP contribution in [0.15, 0.2) is 24.3 Å². The van der Waals surface area contributed by atoms with Crippen molar-refractivity contribution >= 4 is 17.4 Å². The number of nitrogens with zero attached hydrogens (tertiary/aromatic N) is 3. The summed E-state index contributed by atoms with van der Waals surface area (Å²) in [5, 5.41) is 7.11. The third kappa shape index (κ3) is 3.51. The van der Waals surface area contributed by atoms with Crippen LogP contribution in [0.4, 0.5) is 15.9 Å². The molecule has 1 aliphatic heterocycles. The van der Waals surface area contributed by atoms with Gasteiger partial charge in [0.2, 0.25) is 0 Å². The number of rotatable bonds is 4. The fraction of sp³-hybridized carbons (Fsp3) is 0.444. The molecule has 1 aliphatic carbocycles. The van der Waals surface area contributed by atoms with Crippen molar-refractivity contribution in [3.05, 3.63) is 41.3 Å². The number of hydrogen-bond donors (Lipinski definition) is 1. The second kappa shape index (κ2) is 6.48. The number of nitrogens with one attached hydrogen (secondary N) is 1. The molecule has 1 aromatic heterocycles. The molecule has 2 aromatic rings. The van der Waals surface area contributed by atoms with Crippen LogP contribution < -0.4 is 10.2 Å². The summed E-state index contributed by atoms with van der Waals surface area (Å²) < 4.78 is 21.1. The van der Waals surface area contributed by atoms with Crippen LogP contribution >= 0.6 is 0 Å². The van der Waals surface area contributed by atoms with Crippen LogP contribution in [0.1, 0.15) is 34.8 Å². The molecule has 2 fully saturated rings. The monoisotopic (exact) mass is 344 g/mol. The minimum Gasteiger partial charge on any atom is -0.378 e. The van der Waals surface area contributed by atoms with Gasteiger partial charge in [-0.2, -0.15) is 5.10 Å². The highest BCUT2D eigenvalue weighted by Gasteiger charge is 2.27. The van der Waals surface area contributed by atoms with Gasteiger partial charge in [0.15, 0.2) is 5.82 Å². The van der Waals surface area contributed by atoms with Crippen molar-refractivity contribution in [2.45, 2.75) is 18.8 Å². The van der Waals surface area contributed by atoms with Crippen LogP contribution in [0.5, 0.6) is 0 Å². The van der Waals surface area contributed by atoms with Gasteiger partial charge in [0.05, 0.1) is 13.2 Å². The van der Waals surface area contributed by atoms with E-state index in [1.54, 1.807) is 10.7 Å². The Hall–Kier alpha value is -2.41. The van der Waals surface area contributed by atoms with Gasteiger partial charge in [-0.3, -0.25) is 9.48 Å². The Balaban J connectivity index is 1.53. The number of halogens is 1. The van der Waals surface area contributed by atoms with Crippen LogP contribution in [-0.2, 0) is 11.8 Å². The number of carbonyl (C=O) groups excluding carboxylic acids is 1. The van der Waals surface area contributed by atoms with Gasteiger partial charge >= 0.3 is 0 Å². The van der Waals surface area contributed by atoms with E-state index < -0.39 is 5.82 Å². The third-order valence-electron chi connectivity index (χ3n) is 4.67. The van der Waals surface area contributed by atoms with Gasteiger partial charge in [-0.05, 0) is 31.0 Å². The smallest absolute Gasteiger partial charge is 0.257 e. The predicted octanol–water partition coefficient (Wildman–Crippen LogP) is 2.53. The summed E-state index contributed by atoms with van der Waals surface area (Å²) >= 11 is 0. The van der Waals surface area contributed by atoms with E-state index in [-0.39, 0.29) is 5.91 Å². The highest BCUT2D eigenvalue weighted by atomic mass is 19.1. The molecule has 1 N–H and O–H groups in total. The average molecular weight is 344 g/mol. The maximum absolute atomic E-state index is 14.0. The molecule has 0 unspecified atom stereocenters. The highest BCUT2D eigenvalue weighted by Crippen LogP contribution is 2.40. The summed E-state index contributed by atoms with van der Waals surface area (Å²) in [6.45, 7) is 2.59. The minimum atomic E-state index is -0.422. The molecular formula is C18H21FN4O2. The van der Waals surface area contributed by atoms with Gasteiger partial charge in [-0.25, -0.2) is 4.39 Å². The third-order valence-corrected chi connectivity index (χ3v) is 4.67. The number of hydrogen-bond acceptors (Lipinski definition) is 4. The Morgan fingerprint density at radius 1 is 1.24 bits per heavy atom. The number of amides is 1. The fourth-order valence-corrected chi connectivity index (χ4v) is 3.20. The predicted molar refractivity (Wildman–Crippen MR) is 92.6 cm³/mol. The van der Waals surface area contributed by atoms with Crippen molar-refractivity contribution in [2.75, 3.05) is 36.5 Å². The molecule has 1 aromatic carbocycles. The Bertz CT molecular complexity index is 794. The molecule has 0 bridgehead atoms. The summed E-state index contributed by atoms with van der Waals surface area (Å²) in [4.78, 5) is 14.6. The van der Waals surface area contributed by atoms with Gasteiger partial charge in [-0.15, -0.1) is 0 Å². The average Bonchev–Trinajstić information content (AvgIpc) is 3.38. The fourth-order valence-electron chi connectivity index (χ4n) is 3.20. The highest BCUT2D eigenvalue weighted by molar-refractivity contribution is 6.04. The molecule has 25 heavy (non-hydrogen) atoms. The SMILES string of the molecule is Cn1nc(NC(=O)c2cc(F)cc(N3CCOCC3)c2)cc1C1CC1. The summed E-state index contributed by atoms with van der Waals surface area (Å²) in [5.41, 5.74) is 2.12. The molecule has 2 aliphatic rings. The van der Waals surface area contributed by atoms with E-state index in [2.05, 4.69) is 10.4 Å². The summed E-state index contributed by atoms with van der Waals surface area (Å²) in [6, 6.07) is 6.32. The number of carbonyl (C=O) groups is 1. The molecule has 1 amide bonds. The van der Waals surface area contributed by atoms with E-state index in [1.807, 2.05) is 18.0 Å². The van der Waals surface area contributed by atoms with E-state index in [0.717, 1.165) is 5.69 Å². The molecule has 6 nitrogen and oxygen atoms in total. The number of aromatic nitrogens is 2. The Labute approximate surface area is 145 Å². The van der Waals surface area contributed by atoms with Gasteiger partial charge in [0.1, 0.15) is 5.82 Å². The zero-order valence-electron chi connectivity index (χ0n) is 14.2. The largest absolute Gasteiger partial charge is 0.378 e. The Kier molecular flexibility index (Phi) is 4.17. The van der Waals surface area contributed by atoms with Crippen molar-refractivity contribution in [2.24, 2.45) is 7.05 Å². The van der Waals surface area contributed by atoms with E-state index >= 15 is 0 Å². The van der Waals surface area contributed by atoms with Crippen molar-refractivity contribution in [3.63, 3.8) is 0 Å². The molecule has 0 radical (unpaired) electrons. The zero-order chi connectivity index (χ0) is 17.4. The first-order valence-electron chi connectivity index (χ1n) is 8.59. The second-order valence-corrected chi connectivity index (χ2v) is 6.60. The van der Waals surface area contributed by atoms with Gasteiger partial charge < -0.3 is 15.0 Å². The topological polar surface area (TPSA) is 59.4 Å². The summed E-state index contributed by atoms with van der Waals surface area (Å²) in [5.74, 6) is 0.278. The van der Waals surface area contributed by atoms with Crippen molar-refractivity contribution in [1.82, 2.24) is 9.78 Å². The van der Waals surface area contributed by atoms with Crippen LogP contribution in [0.3, 0.4) is 0 Å². The lowest BCUT2D eigenvalue weighted by Gasteiger charge is -2.29. The molecule has 1 saturated heterocycles. The zero-order valence-corrected chi connectivity index (χ0v) is 14.2.